The van der Waals surface area contributed by atoms with E-state index in [9.17, 15) is 0 Å². The fraction of sp³-hybridized carbons (Fsp3) is 0.0179. The van der Waals surface area contributed by atoms with Crippen molar-refractivity contribution >= 4 is 54.6 Å². The number of rotatable bonds is 3. The lowest BCUT2D eigenvalue weighted by Crippen LogP contribution is -2.27. The van der Waals surface area contributed by atoms with Crippen LogP contribution < -0.4 is 0 Å². The van der Waals surface area contributed by atoms with Gasteiger partial charge in [0.1, 0.15) is 11.2 Å². The molecule has 0 radical (unpaired) electrons. The summed E-state index contributed by atoms with van der Waals surface area (Å²) in [6, 6.07) is 75.8. The maximum atomic E-state index is 5.48. The first-order valence-electron chi connectivity index (χ1n) is 20.7. The highest BCUT2D eigenvalue weighted by Gasteiger charge is 2.54. The zero-order valence-corrected chi connectivity index (χ0v) is 32.4. The molecular weight excluding hydrogens is 729 g/mol. The molecule has 0 unspecified atom stereocenters. The molecule has 2 aliphatic rings. The number of para-hydroxylation sites is 5. The summed E-state index contributed by atoms with van der Waals surface area (Å²) in [5.41, 5.74) is 18.7. The highest BCUT2D eigenvalue weighted by Crippen LogP contribution is 2.60. The molecule has 60 heavy (non-hydrogen) atoms. The summed E-state index contributed by atoms with van der Waals surface area (Å²) in [5.74, 6) is 1.06. The minimum atomic E-state index is -0.564. The molecule has 0 saturated carbocycles. The number of fused-ring (bicyclic) bond motifs is 18. The average molecular weight is 763 g/mol. The zero-order valence-electron chi connectivity index (χ0n) is 32.4. The van der Waals surface area contributed by atoms with Crippen molar-refractivity contribution in [2.75, 3.05) is 0 Å². The number of benzene rings is 9. The van der Waals surface area contributed by atoms with Gasteiger partial charge in [-0.2, -0.15) is 0 Å². The Balaban J connectivity index is 0.988. The highest BCUT2D eigenvalue weighted by atomic mass is 15.1. The van der Waals surface area contributed by atoms with Crippen molar-refractivity contribution in [2.24, 2.45) is 0 Å². The van der Waals surface area contributed by atoms with Gasteiger partial charge in [0.2, 0.25) is 0 Å². The number of hydrogen-bond donors (Lipinski definition) is 0. The van der Waals surface area contributed by atoms with Crippen LogP contribution in [-0.4, -0.2) is 18.7 Å². The predicted octanol–water partition coefficient (Wildman–Crippen LogP) is 13.6. The van der Waals surface area contributed by atoms with Crippen LogP contribution in [0.25, 0.3) is 94.0 Å². The van der Waals surface area contributed by atoms with Crippen LogP contribution in [0.3, 0.4) is 0 Å². The molecule has 12 aromatic rings. The van der Waals surface area contributed by atoms with Gasteiger partial charge < -0.3 is 9.13 Å². The zero-order chi connectivity index (χ0) is 39.1. The minimum absolute atomic E-state index is 0.564. The molecular formula is C56H34N4. The summed E-state index contributed by atoms with van der Waals surface area (Å²) in [6.45, 7) is 0. The Morgan fingerprint density at radius 1 is 0.333 bits per heavy atom. The predicted molar refractivity (Wildman–Crippen MR) is 246 cm³/mol. The van der Waals surface area contributed by atoms with E-state index in [4.69, 9.17) is 4.98 Å². The van der Waals surface area contributed by atoms with E-state index >= 15 is 0 Å². The van der Waals surface area contributed by atoms with Gasteiger partial charge in [-0.05, 0) is 112 Å². The number of imidazole rings is 1. The molecule has 0 N–H and O–H groups in total. The molecule has 1 spiro atoms. The Morgan fingerprint density at radius 3 is 1.50 bits per heavy atom. The van der Waals surface area contributed by atoms with Gasteiger partial charge in [0.05, 0.1) is 38.8 Å². The molecule has 3 aromatic heterocycles. The topological polar surface area (TPSA) is 27.7 Å². The van der Waals surface area contributed by atoms with Crippen LogP contribution in [0.4, 0.5) is 0 Å². The third-order valence-corrected chi connectivity index (χ3v) is 13.4. The second kappa shape index (κ2) is 11.6. The Labute approximate surface area is 345 Å². The number of hydrogen-bond acceptors (Lipinski definition) is 1. The van der Waals surface area contributed by atoms with Crippen LogP contribution in [0, 0.1) is 0 Å². The van der Waals surface area contributed by atoms with Crippen LogP contribution in [-0.2, 0) is 5.41 Å². The van der Waals surface area contributed by atoms with Crippen molar-refractivity contribution in [1.82, 2.24) is 18.7 Å². The summed E-state index contributed by atoms with van der Waals surface area (Å²) in [6.07, 6.45) is 0. The lowest BCUT2D eigenvalue weighted by Gasteiger charge is -2.27. The molecule has 0 saturated heterocycles. The van der Waals surface area contributed by atoms with Gasteiger partial charge in [0.15, 0.2) is 0 Å². The SMILES string of the molecule is c1ccc(-n2c3ccccc3c3cc(-c4ccc5c(c4)c4ccccc4n5-c4ccc5c(c4)C4(c6ccccc6-c6ccccc64)c4nc6ccccc6n4-5)ccc32)cc1. The van der Waals surface area contributed by atoms with Gasteiger partial charge in [-0.25, -0.2) is 4.98 Å². The molecule has 0 atom stereocenters. The number of aromatic nitrogens is 4. The molecule has 0 bridgehead atoms. The van der Waals surface area contributed by atoms with Gasteiger partial charge in [0.25, 0.3) is 0 Å². The normalized spacial score (nSPS) is 13.5. The molecule has 4 heteroatoms. The van der Waals surface area contributed by atoms with Crippen molar-refractivity contribution in [2.45, 2.75) is 5.41 Å². The van der Waals surface area contributed by atoms with Crippen LogP contribution >= 0.6 is 0 Å². The average Bonchev–Trinajstić information content (AvgIpc) is 4.09. The fourth-order valence-electron chi connectivity index (χ4n) is 11.0. The van der Waals surface area contributed by atoms with E-state index in [2.05, 4.69) is 220 Å². The van der Waals surface area contributed by atoms with Crippen molar-refractivity contribution < 1.29 is 0 Å². The molecule has 0 fully saturated rings. The first-order valence-corrected chi connectivity index (χ1v) is 20.7. The Morgan fingerprint density at radius 2 is 0.850 bits per heavy atom. The molecule has 4 heterocycles. The standard InChI is InChI=1S/C56H34N4/c1-2-14-37(15-3-1)58-49-23-11-6-18-41(49)43-32-35(26-29-51(43)58)36-27-30-52-44(33-36)42-19-7-12-24-50(42)59(52)38-28-31-53-47(34-38)56(55-57-48-22-10-13-25-54(48)60(53)55)45-20-8-4-16-39(45)40-17-5-9-21-46(40)56/h1-34H. The number of nitrogens with zero attached hydrogens (tertiary/aromatic N) is 4. The van der Waals surface area contributed by atoms with E-state index < -0.39 is 5.41 Å². The van der Waals surface area contributed by atoms with Crippen LogP contribution in [0.5, 0.6) is 0 Å². The molecule has 1 aliphatic heterocycles. The van der Waals surface area contributed by atoms with E-state index in [1.807, 2.05) is 0 Å². The quantitative estimate of drug-likeness (QED) is 0.176. The van der Waals surface area contributed by atoms with Gasteiger partial charge in [-0.3, -0.25) is 4.57 Å². The summed E-state index contributed by atoms with van der Waals surface area (Å²) < 4.78 is 7.26. The third-order valence-electron chi connectivity index (χ3n) is 13.4. The maximum absolute atomic E-state index is 5.48. The summed E-state index contributed by atoms with van der Waals surface area (Å²) >= 11 is 0. The van der Waals surface area contributed by atoms with Crippen LogP contribution in [0.2, 0.25) is 0 Å². The first kappa shape index (κ1) is 32.1. The summed E-state index contributed by atoms with van der Waals surface area (Å²) in [7, 11) is 0. The minimum Gasteiger partial charge on any atom is -0.309 e. The van der Waals surface area contributed by atoms with Crippen molar-refractivity contribution in [3.8, 4) is 39.3 Å². The molecule has 14 rings (SSSR count). The second-order valence-electron chi connectivity index (χ2n) is 16.3. The van der Waals surface area contributed by atoms with E-state index in [0.29, 0.717) is 0 Å². The van der Waals surface area contributed by atoms with Gasteiger partial charge >= 0.3 is 0 Å². The smallest absolute Gasteiger partial charge is 0.134 e. The third kappa shape index (κ3) is 3.97. The summed E-state index contributed by atoms with van der Waals surface area (Å²) in [5, 5.41) is 4.99. The highest BCUT2D eigenvalue weighted by molar-refractivity contribution is 6.13. The largest absolute Gasteiger partial charge is 0.309 e. The van der Waals surface area contributed by atoms with E-state index in [0.717, 1.165) is 22.5 Å². The Bertz CT molecular complexity index is 3740. The van der Waals surface area contributed by atoms with Gasteiger partial charge in [-0.1, -0.05) is 127 Å². The Hall–Kier alpha value is -7.95. The lowest BCUT2D eigenvalue weighted by molar-refractivity contribution is 0.737. The molecule has 9 aromatic carbocycles. The van der Waals surface area contributed by atoms with Crippen molar-refractivity contribution in [3.05, 3.63) is 229 Å². The lowest BCUT2D eigenvalue weighted by atomic mass is 9.73. The van der Waals surface area contributed by atoms with Gasteiger partial charge in [0, 0.05) is 38.5 Å². The van der Waals surface area contributed by atoms with Crippen LogP contribution in [0.1, 0.15) is 22.5 Å². The van der Waals surface area contributed by atoms with E-state index in [1.54, 1.807) is 0 Å². The fourth-order valence-corrected chi connectivity index (χ4v) is 11.0. The molecule has 1 aliphatic carbocycles. The molecule has 4 nitrogen and oxygen atoms in total. The summed E-state index contributed by atoms with van der Waals surface area (Å²) in [4.78, 5) is 5.48. The maximum Gasteiger partial charge on any atom is 0.134 e. The van der Waals surface area contributed by atoms with Crippen LogP contribution in [0.15, 0.2) is 206 Å². The first-order chi connectivity index (χ1) is 29.8. The van der Waals surface area contributed by atoms with Crippen molar-refractivity contribution in [3.63, 3.8) is 0 Å². The monoisotopic (exact) mass is 762 g/mol. The van der Waals surface area contributed by atoms with E-state index in [1.165, 1.54) is 93.9 Å². The van der Waals surface area contributed by atoms with E-state index in [-0.39, 0.29) is 0 Å². The van der Waals surface area contributed by atoms with Gasteiger partial charge in [-0.15, -0.1) is 0 Å². The molecule has 0 amide bonds. The second-order valence-corrected chi connectivity index (χ2v) is 16.3. The van der Waals surface area contributed by atoms with Crippen molar-refractivity contribution in [1.29, 1.82) is 0 Å². The Kier molecular flexibility index (Phi) is 6.19. The molecule has 278 valence electrons.